The molecule has 1 amide bonds. The van der Waals surface area contributed by atoms with E-state index in [-0.39, 0.29) is 5.91 Å². The average Bonchev–Trinajstić information content (AvgIpc) is 3.22. The first-order chi connectivity index (χ1) is 13.3. The van der Waals surface area contributed by atoms with E-state index in [9.17, 15) is 4.79 Å². The van der Waals surface area contributed by atoms with Gasteiger partial charge in [-0.15, -0.1) is 0 Å². The van der Waals surface area contributed by atoms with Gasteiger partial charge in [-0.2, -0.15) is 0 Å². The van der Waals surface area contributed by atoms with Crippen molar-refractivity contribution < 1.29 is 9.53 Å². The zero-order chi connectivity index (χ0) is 18.5. The van der Waals surface area contributed by atoms with Crippen molar-refractivity contribution in [3.05, 3.63) is 42.6 Å². The Morgan fingerprint density at radius 3 is 2.89 bits per heavy atom. The molecule has 27 heavy (non-hydrogen) atoms. The number of piperidine rings is 1. The van der Waals surface area contributed by atoms with E-state index in [1.165, 1.54) is 0 Å². The van der Waals surface area contributed by atoms with Crippen molar-refractivity contribution in [1.29, 1.82) is 0 Å². The number of pyridine rings is 1. The van der Waals surface area contributed by atoms with Crippen LogP contribution in [0, 0.1) is 5.92 Å². The van der Waals surface area contributed by atoms with E-state index >= 15 is 0 Å². The Labute approximate surface area is 159 Å². The van der Waals surface area contributed by atoms with Crippen LogP contribution in [-0.2, 0) is 11.3 Å². The number of imidazole rings is 1. The first kappa shape index (κ1) is 18.0. The number of hydrogen-bond donors (Lipinski definition) is 1. The molecule has 144 valence electrons. The van der Waals surface area contributed by atoms with Crippen LogP contribution >= 0.6 is 0 Å². The minimum absolute atomic E-state index is 0.0791. The minimum atomic E-state index is 0.0791. The van der Waals surface area contributed by atoms with Crippen molar-refractivity contribution in [2.24, 2.45) is 5.92 Å². The number of nitrogens with zero attached hydrogens (tertiary/aromatic N) is 4. The molecule has 2 aromatic heterocycles. The van der Waals surface area contributed by atoms with Gasteiger partial charge in [0, 0.05) is 57.5 Å². The zero-order valence-electron chi connectivity index (χ0n) is 15.6. The van der Waals surface area contributed by atoms with Crippen molar-refractivity contribution in [1.82, 2.24) is 19.4 Å². The van der Waals surface area contributed by atoms with Crippen LogP contribution in [0.15, 0.2) is 37.1 Å². The fraction of sp³-hybridized carbons (Fsp3) is 0.550. The molecule has 4 heterocycles. The summed E-state index contributed by atoms with van der Waals surface area (Å²) in [6.45, 7) is 4.11. The quantitative estimate of drug-likeness (QED) is 0.876. The molecule has 7 heteroatoms. The Morgan fingerprint density at radius 1 is 1.26 bits per heavy atom. The van der Waals surface area contributed by atoms with Gasteiger partial charge in [-0.25, -0.2) is 9.97 Å². The van der Waals surface area contributed by atoms with E-state index in [4.69, 9.17) is 4.74 Å². The third-order valence-electron chi connectivity index (χ3n) is 5.42. The highest BCUT2D eigenvalue weighted by molar-refractivity contribution is 5.94. The first-order valence-corrected chi connectivity index (χ1v) is 9.83. The van der Waals surface area contributed by atoms with Gasteiger partial charge in [-0.1, -0.05) is 0 Å². The molecule has 0 spiro atoms. The lowest BCUT2D eigenvalue weighted by Gasteiger charge is -2.33. The largest absolute Gasteiger partial charge is 0.381 e. The second-order valence-electron chi connectivity index (χ2n) is 7.48. The highest BCUT2D eigenvalue weighted by Gasteiger charge is 2.25. The number of likely N-dealkylation sites (tertiary alicyclic amines) is 1. The lowest BCUT2D eigenvalue weighted by molar-refractivity contribution is 0.0662. The van der Waals surface area contributed by atoms with Gasteiger partial charge in [0.2, 0.25) is 0 Å². The van der Waals surface area contributed by atoms with Crippen LogP contribution in [0.1, 0.15) is 36.0 Å². The third-order valence-corrected chi connectivity index (χ3v) is 5.42. The Bertz CT molecular complexity index is 725. The molecule has 0 aromatic carbocycles. The monoisotopic (exact) mass is 369 g/mol. The van der Waals surface area contributed by atoms with Crippen molar-refractivity contribution >= 4 is 11.7 Å². The summed E-state index contributed by atoms with van der Waals surface area (Å²) in [4.78, 5) is 23.4. The predicted octanol–water partition coefficient (Wildman–Crippen LogP) is 2.42. The number of carbonyl (C=O) groups is 1. The molecule has 0 bridgehead atoms. The predicted molar refractivity (Wildman–Crippen MR) is 103 cm³/mol. The maximum Gasteiger partial charge on any atom is 0.255 e. The van der Waals surface area contributed by atoms with Gasteiger partial charge in [0.15, 0.2) is 0 Å². The maximum atomic E-state index is 12.9. The standard InChI is InChI=1S/C20H27N5O2/c26-20(25-8-1-2-16(14-25)13-24-9-7-21-15-24)17-3-4-19(22-12-17)23-18-5-10-27-11-6-18/h3-4,7,9,12,15-16,18H,1-2,5-6,8,10-11,13-14H2,(H,22,23)/t16-/m1/s1. The highest BCUT2D eigenvalue weighted by Crippen LogP contribution is 2.21. The summed E-state index contributed by atoms with van der Waals surface area (Å²) in [6, 6.07) is 4.20. The maximum absolute atomic E-state index is 12.9. The number of nitrogens with one attached hydrogen (secondary N) is 1. The first-order valence-electron chi connectivity index (χ1n) is 9.83. The van der Waals surface area contributed by atoms with E-state index in [0.29, 0.717) is 17.5 Å². The fourth-order valence-corrected chi connectivity index (χ4v) is 3.93. The lowest BCUT2D eigenvalue weighted by atomic mass is 9.97. The van der Waals surface area contributed by atoms with Crippen LogP contribution in [-0.4, -0.2) is 57.7 Å². The number of amides is 1. The highest BCUT2D eigenvalue weighted by atomic mass is 16.5. The van der Waals surface area contributed by atoms with Crippen molar-refractivity contribution in [3.63, 3.8) is 0 Å². The number of hydrogen-bond acceptors (Lipinski definition) is 5. The van der Waals surface area contributed by atoms with E-state index in [0.717, 1.165) is 64.3 Å². The molecule has 2 fully saturated rings. The second kappa shape index (κ2) is 8.52. The van der Waals surface area contributed by atoms with Crippen LogP contribution < -0.4 is 5.32 Å². The second-order valence-corrected chi connectivity index (χ2v) is 7.48. The van der Waals surface area contributed by atoms with Gasteiger partial charge in [-0.05, 0) is 43.7 Å². The molecule has 7 nitrogen and oxygen atoms in total. The van der Waals surface area contributed by atoms with Crippen LogP contribution in [0.25, 0.3) is 0 Å². The van der Waals surface area contributed by atoms with E-state index in [1.807, 2.05) is 29.6 Å². The van der Waals surface area contributed by atoms with Crippen LogP contribution in [0.2, 0.25) is 0 Å². The normalized spacial score (nSPS) is 21.2. The molecule has 1 N–H and O–H groups in total. The molecule has 0 aliphatic carbocycles. The van der Waals surface area contributed by atoms with Crippen LogP contribution in [0.3, 0.4) is 0 Å². The molecule has 2 aromatic rings. The topological polar surface area (TPSA) is 72.3 Å². The number of ether oxygens (including phenoxy) is 1. The molecular formula is C20H27N5O2. The summed E-state index contributed by atoms with van der Waals surface area (Å²) in [5.74, 6) is 1.38. The van der Waals surface area contributed by atoms with Gasteiger partial charge >= 0.3 is 0 Å². The van der Waals surface area contributed by atoms with Gasteiger partial charge in [0.05, 0.1) is 11.9 Å². The summed E-state index contributed by atoms with van der Waals surface area (Å²) in [5, 5.41) is 3.43. The van der Waals surface area contributed by atoms with Crippen molar-refractivity contribution in [2.75, 3.05) is 31.6 Å². The summed E-state index contributed by atoms with van der Waals surface area (Å²) in [5.41, 5.74) is 0.663. The number of rotatable bonds is 5. The smallest absolute Gasteiger partial charge is 0.255 e. The summed E-state index contributed by atoms with van der Waals surface area (Å²) >= 11 is 0. The Morgan fingerprint density at radius 2 is 2.15 bits per heavy atom. The van der Waals surface area contributed by atoms with E-state index in [2.05, 4.69) is 19.9 Å². The molecule has 2 aliphatic heterocycles. The molecule has 1 atom stereocenters. The van der Waals surface area contributed by atoms with E-state index < -0.39 is 0 Å². The molecule has 0 saturated carbocycles. The zero-order valence-corrected chi connectivity index (χ0v) is 15.6. The fourth-order valence-electron chi connectivity index (χ4n) is 3.93. The molecule has 0 unspecified atom stereocenters. The molecule has 2 saturated heterocycles. The SMILES string of the molecule is O=C(c1ccc(NC2CCOCC2)nc1)N1CCC[C@H](Cn2ccnc2)C1. The van der Waals surface area contributed by atoms with Crippen LogP contribution in [0.4, 0.5) is 5.82 Å². The third kappa shape index (κ3) is 4.66. The van der Waals surface area contributed by atoms with Gasteiger partial charge in [-0.3, -0.25) is 4.79 Å². The van der Waals surface area contributed by atoms with Crippen molar-refractivity contribution in [2.45, 2.75) is 38.3 Å². The van der Waals surface area contributed by atoms with Gasteiger partial charge in [0.1, 0.15) is 5.82 Å². The Hall–Kier alpha value is -2.41. The Kier molecular flexibility index (Phi) is 5.67. The summed E-state index contributed by atoms with van der Waals surface area (Å²) in [6.07, 6.45) is 11.5. The minimum Gasteiger partial charge on any atom is -0.381 e. The molecule has 4 rings (SSSR count). The van der Waals surface area contributed by atoms with Gasteiger partial charge < -0.3 is 19.5 Å². The number of aromatic nitrogens is 3. The lowest BCUT2D eigenvalue weighted by Crippen LogP contribution is -2.41. The van der Waals surface area contributed by atoms with Crippen LogP contribution in [0.5, 0.6) is 0 Å². The summed E-state index contributed by atoms with van der Waals surface area (Å²) < 4.78 is 7.48. The number of carbonyl (C=O) groups excluding carboxylic acids is 1. The molecular weight excluding hydrogens is 342 g/mol. The van der Waals surface area contributed by atoms with E-state index in [1.54, 1.807) is 12.4 Å². The number of anilines is 1. The Balaban J connectivity index is 1.34. The average molecular weight is 369 g/mol. The summed E-state index contributed by atoms with van der Waals surface area (Å²) in [7, 11) is 0. The van der Waals surface area contributed by atoms with Crippen molar-refractivity contribution in [3.8, 4) is 0 Å². The molecule has 0 radical (unpaired) electrons. The molecule has 2 aliphatic rings. The van der Waals surface area contributed by atoms with Gasteiger partial charge in [0.25, 0.3) is 5.91 Å².